The topological polar surface area (TPSA) is 66.5 Å². The van der Waals surface area contributed by atoms with Gasteiger partial charge in [0, 0.05) is 30.7 Å². The molecule has 0 unspecified atom stereocenters. The third-order valence-electron chi connectivity index (χ3n) is 3.77. The summed E-state index contributed by atoms with van der Waals surface area (Å²) in [5.74, 6) is -0.173. The second kappa shape index (κ2) is 7.99. The van der Waals surface area contributed by atoms with Crippen molar-refractivity contribution < 1.29 is 13.2 Å². The van der Waals surface area contributed by atoms with Crippen molar-refractivity contribution in [3.05, 3.63) is 58.6 Å². The molecule has 0 spiro atoms. The quantitative estimate of drug-likeness (QED) is 0.836. The van der Waals surface area contributed by atoms with E-state index >= 15 is 0 Å². The SMILES string of the molecule is CC(=O)N(CCNS(=O)(=O)c1ccc(C)cc1C)c1ccc(Cl)cc1. The zero-order chi connectivity index (χ0) is 18.6. The number of sulfonamides is 1. The van der Waals surface area contributed by atoms with Crippen LogP contribution in [0.5, 0.6) is 0 Å². The summed E-state index contributed by atoms with van der Waals surface area (Å²) < 4.78 is 27.5. The molecular weight excluding hydrogens is 360 g/mol. The van der Waals surface area contributed by atoms with Crippen LogP contribution in [-0.4, -0.2) is 27.4 Å². The molecule has 1 amide bonds. The predicted octanol–water partition coefficient (Wildman–Crippen LogP) is 3.29. The molecule has 2 aromatic carbocycles. The number of halogens is 1. The molecule has 7 heteroatoms. The van der Waals surface area contributed by atoms with E-state index in [0.29, 0.717) is 16.3 Å². The number of hydrogen-bond donors (Lipinski definition) is 1. The Morgan fingerprint density at radius 2 is 1.76 bits per heavy atom. The van der Waals surface area contributed by atoms with Crippen molar-refractivity contribution in [2.24, 2.45) is 0 Å². The summed E-state index contributed by atoms with van der Waals surface area (Å²) in [6.07, 6.45) is 0. The van der Waals surface area contributed by atoms with Crippen LogP contribution >= 0.6 is 11.6 Å². The number of anilines is 1. The number of hydrogen-bond acceptors (Lipinski definition) is 3. The zero-order valence-electron chi connectivity index (χ0n) is 14.4. The third kappa shape index (κ3) is 5.04. The van der Waals surface area contributed by atoms with E-state index in [4.69, 9.17) is 11.6 Å². The molecular formula is C18H21ClN2O3S. The van der Waals surface area contributed by atoms with Crippen molar-refractivity contribution in [2.75, 3.05) is 18.0 Å². The van der Waals surface area contributed by atoms with E-state index in [1.54, 1.807) is 43.3 Å². The lowest BCUT2D eigenvalue weighted by Gasteiger charge is -2.21. The molecule has 0 atom stereocenters. The van der Waals surface area contributed by atoms with Gasteiger partial charge in [-0.1, -0.05) is 29.3 Å². The molecule has 0 aliphatic carbocycles. The summed E-state index contributed by atoms with van der Waals surface area (Å²) in [5.41, 5.74) is 2.36. The third-order valence-corrected chi connectivity index (χ3v) is 5.64. The minimum atomic E-state index is -3.63. The predicted molar refractivity (Wildman–Crippen MR) is 101 cm³/mol. The van der Waals surface area contributed by atoms with Crippen LogP contribution in [0.15, 0.2) is 47.4 Å². The van der Waals surface area contributed by atoms with E-state index in [9.17, 15) is 13.2 Å². The summed E-state index contributed by atoms with van der Waals surface area (Å²) in [4.78, 5) is 13.6. The van der Waals surface area contributed by atoms with Crippen LogP contribution in [0, 0.1) is 13.8 Å². The van der Waals surface area contributed by atoms with Gasteiger partial charge in [0.05, 0.1) is 4.90 Å². The fourth-order valence-corrected chi connectivity index (χ4v) is 3.93. The van der Waals surface area contributed by atoms with E-state index in [1.165, 1.54) is 11.8 Å². The molecule has 5 nitrogen and oxygen atoms in total. The number of rotatable bonds is 6. The van der Waals surface area contributed by atoms with Gasteiger partial charge in [-0.25, -0.2) is 13.1 Å². The van der Waals surface area contributed by atoms with Crippen molar-refractivity contribution >= 4 is 33.2 Å². The molecule has 25 heavy (non-hydrogen) atoms. The lowest BCUT2D eigenvalue weighted by atomic mass is 10.2. The minimum absolute atomic E-state index is 0.109. The molecule has 0 aliphatic rings. The van der Waals surface area contributed by atoms with Gasteiger partial charge >= 0.3 is 0 Å². The first-order valence-electron chi connectivity index (χ1n) is 7.81. The molecule has 0 bridgehead atoms. The fourth-order valence-electron chi connectivity index (χ4n) is 2.56. The lowest BCUT2D eigenvalue weighted by molar-refractivity contribution is -0.116. The van der Waals surface area contributed by atoms with E-state index in [2.05, 4.69) is 4.72 Å². The second-order valence-corrected chi connectivity index (χ2v) is 7.99. The number of benzene rings is 2. The highest BCUT2D eigenvalue weighted by molar-refractivity contribution is 7.89. The van der Waals surface area contributed by atoms with Crippen LogP contribution < -0.4 is 9.62 Å². The maximum atomic E-state index is 12.5. The van der Waals surface area contributed by atoms with Gasteiger partial charge in [-0.05, 0) is 49.7 Å². The van der Waals surface area contributed by atoms with Crippen molar-refractivity contribution in [1.82, 2.24) is 4.72 Å². The largest absolute Gasteiger partial charge is 0.311 e. The highest BCUT2D eigenvalue weighted by Gasteiger charge is 2.18. The normalized spacial score (nSPS) is 11.4. The van der Waals surface area contributed by atoms with Crippen LogP contribution in [-0.2, 0) is 14.8 Å². The lowest BCUT2D eigenvalue weighted by Crippen LogP contribution is -2.37. The molecule has 0 radical (unpaired) electrons. The average molecular weight is 381 g/mol. The van der Waals surface area contributed by atoms with Gasteiger partial charge < -0.3 is 4.90 Å². The Morgan fingerprint density at radius 1 is 1.12 bits per heavy atom. The molecule has 0 aliphatic heterocycles. The average Bonchev–Trinajstić information content (AvgIpc) is 2.52. The van der Waals surface area contributed by atoms with Gasteiger partial charge in [0.2, 0.25) is 15.9 Å². The summed E-state index contributed by atoms with van der Waals surface area (Å²) in [7, 11) is -3.63. The van der Waals surface area contributed by atoms with Gasteiger partial charge in [-0.2, -0.15) is 0 Å². The molecule has 1 N–H and O–H groups in total. The molecule has 0 aromatic heterocycles. The Hall–Kier alpha value is -1.89. The maximum Gasteiger partial charge on any atom is 0.240 e. The zero-order valence-corrected chi connectivity index (χ0v) is 16.0. The summed E-state index contributed by atoms with van der Waals surface area (Å²) >= 11 is 5.86. The van der Waals surface area contributed by atoms with Crippen LogP contribution in [0.2, 0.25) is 5.02 Å². The van der Waals surface area contributed by atoms with Crippen LogP contribution in [0.3, 0.4) is 0 Å². The van der Waals surface area contributed by atoms with E-state index in [1.807, 2.05) is 13.0 Å². The van der Waals surface area contributed by atoms with Crippen LogP contribution in [0.1, 0.15) is 18.1 Å². The molecule has 0 saturated heterocycles. The molecule has 2 aromatic rings. The van der Waals surface area contributed by atoms with Gasteiger partial charge in [0.1, 0.15) is 0 Å². The first kappa shape index (κ1) is 19.4. The number of carbonyl (C=O) groups is 1. The number of carbonyl (C=O) groups excluding carboxylic acids is 1. The van der Waals surface area contributed by atoms with E-state index in [0.717, 1.165) is 5.56 Å². The van der Waals surface area contributed by atoms with Crippen LogP contribution in [0.4, 0.5) is 5.69 Å². The molecule has 2 rings (SSSR count). The molecule has 0 heterocycles. The number of aryl methyl sites for hydroxylation is 2. The van der Waals surface area contributed by atoms with Gasteiger partial charge in [0.15, 0.2) is 0 Å². The van der Waals surface area contributed by atoms with Crippen molar-refractivity contribution in [3.8, 4) is 0 Å². The summed E-state index contributed by atoms with van der Waals surface area (Å²) in [6, 6.07) is 12.0. The van der Waals surface area contributed by atoms with Crippen molar-refractivity contribution in [1.29, 1.82) is 0 Å². The van der Waals surface area contributed by atoms with Gasteiger partial charge in [-0.15, -0.1) is 0 Å². The first-order chi connectivity index (χ1) is 11.7. The Balaban J connectivity index is 2.08. The standard InChI is InChI=1S/C18H21ClN2O3S/c1-13-4-9-18(14(2)12-13)25(23,24)20-10-11-21(15(3)22)17-7-5-16(19)6-8-17/h4-9,12,20H,10-11H2,1-3H3. The molecule has 134 valence electrons. The van der Waals surface area contributed by atoms with Crippen molar-refractivity contribution in [2.45, 2.75) is 25.7 Å². The Labute approximate surface area is 153 Å². The smallest absolute Gasteiger partial charge is 0.240 e. The second-order valence-electron chi connectivity index (χ2n) is 5.81. The molecule has 0 fully saturated rings. The number of nitrogens with zero attached hydrogens (tertiary/aromatic N) is 1. The van der Waals surface area contributed by atoms with E-state index in [-0.39, 0.29) is 23.9 Å². The Bertz CT molecular complexity index is 864. The monoisotopic (exact) mass is 380 g/mol. The minimum Gasteiger partial charge on any atom is -0.311 e. The summed E-state index contributed by atoms with van der Waals surface area (Å²) in [6.45, 7) is 5.44. The highest BCUT2D eigenvalue weighted by Crippen LogP contribution is 2.19. The Morgan fingerprint density at radius 3 is 2.32 bits per heavy atom. The van der Waals surface area contributed by atoms with Gasteiger partial charge in [-0.3, -0.25) is 4.79 Å². The summed E-state index contributed by atoms with van der Waals surface area (Å²) in [5, 5.41) is 0.572. The van der Waals surface area contributed by atoms with Gasteiger partial charge in [0.25, 0.3) is 0 Å². The fraction of sp³-hybridized carbons (Fsp3) is 0.278. The number of amides is 1. The highest BCUT2D eigenvalue weighted by atomic mass is 35.5. The van der Waals surface area contributed by atoms with Crippen molar-refractivity contribution in [3.63, 3.8) is 0 Å². The molecule has 0 saturated carbocycles. The first-order valence-corrected chi connectivity index (χ1v) is 9.67. The maximum absolute atomic E-state index is 12.5. The van der Waals surface area contributed by atoms with Crippen LogP contribution in [0.25, 0.3) is 0 Å². The van der Waals surface area contributed by atoms with E-state index < -0.39 is 10.0 Å². The number of nitrogens with one attached hydrogen (secondary N) is 1. The Kier molecular flexibility index (Phi) is 6.21.